The fourth-order valence-corrected chi connectivity index (χ4v) is 2.79. The minimum atomic E-state index is -1.11. The van der Waals surface area contributed by atoms with Crippen LogP contribution in [0.25, 0.3) is 0 Å². The average molecular weight is 300 g/mol. The summed E-state index contributed by atoms with van der Waals surface area (Å²) in [5.74, 6) is -1.36. The Morgan fingerprint density at radius 2 is 2.45 bits per heavy atom. The van der Waals surface area contributed by atoms with E-state index >= 15 is 0 Å². The van der Waals surface area contributed by atoms with Gasteiger partial charge in [-0.2, -0.15) is 0 Å². The lowest BCUT2D eigenvalue weighted by molar-refractivity contribution is -0.174. The molecule has 2 atom stereocenters. The molecule has 0 saturated carbocycles. The Balaban J connectivity index is 2.33. The van der Waals surface area contributed by atoms with Gasteiger partial charge < -0.3 is 19.5 Å². The molecule has 0 bridgehead atoms. The molecule has 1 aromatic heterocycles. The summed E-state index contributed by atoms with van der Waals surface area (Å²) in [4.78, 5) is 29.1. The molecule has 2 rings (SSSR count). The van der Waals surface area contributed by atoms with Crippen LogP contribution in [0.5, 0.6) is 0 Å². The van der Waals surface area contributed by atoms with Gasteiger partial charge in [0.2, 0.25) is 5.91 Å². The van der Waals surface area contributed by atoms with Crippen LogP contribution in [0.3, 0.4) is 0 Å². The molecule has 2 heterocycles. The van der Waals surface area contributed by atoms with Crippen molar-refractivity contribution in [1.29, 1.82) is 0 Å². The molecule has 7 nitrogen and oxygen atoms in total. The van der Waals surface area contributed by atoms with E-state index in [4.69, 9.17) is 9.47 Å². The molecule has 1 fully saturated rings. The third-order valence-electron chi connectivity index (χ3n) is 3.05. The van der Waals surface area contributed by atoms with Crippen molar-refractivity contribution in [3.8, 4) is 0 Å². The number of methoxy groups -OCH3 is 1. The SMILES string of the molecule is COCCN1C(=O)COC(C(=O)O)C1c1csc(C)n1. The number of morpholine rings is 1. The number of aliphatic carboxylic acids is 1. The quantitative estimate of drug-likeness (QED) is 0.849. The number of ether oxygens (including phenoxy) is 2. The van der Waals surface area contributed by atoms with Crippen molar-refractivity contribution in [3.05, 3.63) is 16.1 Å². The molecule has 1 aromatic rings. The highest BCUT2D eigenvalue weighted by atomic mass is 32.1. The predicted molar refractivity (Wildman–Crippen MR) is 70.6 cm³/mol. The molecule has 1 aliphatic rings. The molecule has 8 heteroatoms. The lowest BCUT2D eigenvalue weighted by Gasteiger charge is -2.38. The fraction of sp³-hybridized carbons (Fsp3) is 0.583. The zero-order chi connectivity index (χ0) is 14.7. The number of carboxylic acid groups (broad SMARTS) is 1. The van der Waals surface area contributed by atoms with Crippen LogP contribution in [0.4, 0.5) is 0 Å². The van der Waals surface area contributed by atoms with Crippen molar-refractivity contribution >= 4 is 23.2 Å². The summed E-state index contributed by atoms with van der Waals surface area (Å²) in [5, 5.41) is 11.9. The lowest BCUT2D eigenvalue weighted by atomic mass is 10.0. The average Bonchev–Trinajstić information content (AvgIpc) is 2.83. The molecule has 2 unspecified atom stereocenters. The van der Waals surface area contributed by atoms with E-state index in [1.165, 1.54) is 23.3 Å². The molecular weight excluding hydrogens is 284 g/mol. The summed E-state index contributed by atoms with van der Waals surface area (Å²) < 4.78 is 10.1. The number of carbonyl (C=O) groups excluding carboxylic acids is 1. The third-order valence-corrected chi connectivity index (χ3v) is 3.84. The van der Waals surface area contributed by atoms with Gasteiger partial charge in [0.1, 0.15) is 12.6 Å². The second kappa shape index (κ2) is 6.29. The highest BCUT2D eigenvalue weighted by Crippen LogP contribution is 2.31. The monoisotopic (exact) mass is 300 g/mol. The first-order valence-corrected chi connectivity index (χ1v) is 6.97. The molecular formula is C12H16N2O5S. The van der Waals surface area contributed by atoms with E-state index < -0.39 is 18.1 Å². The minimum absolute atomic E-state index is 0.236. The van der Waals surface area contributed by atoms with Gasteiger partial charge >= 0.3 is 5.97 Å². The molecule has 0 aromatic carbocycles. The number of hydrogen-bond donors (Lipinski definition) is 1. The van der Waals surface area contributed by atoms with E-state index in [2.05, 4.69) is 4.98 Å². The van der Waals surface area contributed by atoms with Crippen molar-refractivity contribution in [3.63, 3.8) is 0 Å². The first-order chi connectivity index (χ1) is 9.54. The van der Waals surface area contributed by atoms with E-state index in [-0.39, 0.29) is 12.5 Å². The van der Waals surface area contributed by atoms with E-state index in [1.807, 2.05) is 6.92 Å². The van der Waals surface area contributed by atoms with Gasteiger partial charge in [-0.15, -0.1) is 11.3 Å². The second-order valence-electron chi connectivity index (χ2n) is 4.39. The topological polar surface area (TPSA) is 89.0 Å². The molecule has 110 valence electrons. The van der Waals surface area contributed by atoms with E-state index in [1.54, 1.807) is 5.38 Å². The fourth-order valence-electron chi connectivity index (χ4n) is 2.14. The summed E-state index contributed by atoms with van der Waals surface area (Å²) in [7, 11) is 1.53. The molecule has 1 amide bonds. The number of carbonyl (C=O) groups is 2. The Labute approximate surface area is 120 Å². The van der Waals surface area contributed by atoms with Crippen LogP contribution in [0.15, 0.2) is 5.38 Å². The largest absolute Gasteiger partial charge is 0.479 e. The summed E-state index contributed by atoms with van der Waals surface area (Å²) >= 11 is 1.41. The van der Waals surface area contributed by atoms with E-state index in [9.17, 15) is 14.7 Å². The molecule has 0 spiro atoms. The summed E-state index contributed by atoms with van der Waals surface area (Å²) in [6.45, 7) is 2.23. The van der Waals surface area contributed by atoms with Gasteiger partial charge in [-0.05, 0) is 6.92 Å². The maximum atomic E-state index is 12.0. The zero-order valence-corrected chi connectivity index (χ0v) is 12.1. The van der Waals surface area contributed by atoms with Crippen molar-refractivity contribution in [1.82, 2.24) is 9.88 Å². The first kappa shape index (κ1) is 14.9. The summed E-state index contributed by atoms with van der Waals surface area (Å²) in [6, 6.07) is -0.714. The van der Waals surface area contributed by atoms with Crippen LogP contribution >= 0.6 is 11.3 Å². The Morgan fingerprint density at radius 1 is 1.70 bits per heavy atom. The Kier molecular flexibility index (Phi) is 4.69. The highest BCUT2D eigenvalue weighted by Gasteiger charge is 2.42. The second-order valence-corrected chi connectivity index (χ2v) is 5.45. The predicted octanol–water partition coefficient (Wildman–Crippen LogP) is 0.451. The van der Waals surface area contributed by atoms with Crippen molar-refractivity contribution < 1.29 is 24.2 Å². The molecule has 1 aliphatic heterocycles. The van der Waals surface area contributed by atoms with Crippen molar-refractivity contribution in [2.45, 2.75) is 19.1 Å². The molecule has 20 heavy (non-hydrogen) atoms. The van der Waals surface area contributed by atoms with Gasteiger partial charge in [-0.3, -0.25) is 4.79 Å². The summed E-state index contributed by atoms with van der Waals surface area (Å²) in [5.41, 5.74) is 0.545. The number of amides is 1. The van der Waals surface area contributed by atoms with Crippen LogP contribution in [0.2, 0.25) is 0 Å². The van der Waals surface area contributed by atoms with Gasteiger partial charge in [0, 0.05) is 19.0 Å². The third kappa shape index (κ3) is 2.97. The number of hydrogen-bond acceptors (Lipinski definition) is 6. The highest BCUT2D eigenvalue weighted by molar-refractivity contribution is 7.09. The van der Waals surface area contributed by atoms with Gasteiger partial charge in [-0.25, -0.2) is 9.78 Å². The van der Waals surface area contributed by atoms with Gasteiger partial charge in [0.05, 0.1) is 17.3 Å². The van der Waals surface area contributed by atoms with Crippen LogP contribution in [0.1, 0.15) is 16.7 Å². The first-order valence-electron chi connectivity index (χ1n) is 6.09. The maximum absolute atomic E-state index is 12.0. The molecule has 0 radical (unpaired) electrons. The zero-order valence-electron chi connectivity index (χ0n) is 11.2. The molecule has 1 N–H and O–H groups in total. The number of carboxylic acids is 1. The normalized spacial score (nSPS) is 23.1. The molecule has 1 saturated heterocycles. The van der Waals surface area contributed by atoms with Crippen LogP contribution < -0.4 is 0 Å². The van der Waals surface area contributed by atoms with Crippen LogP contribution in [-0.2, 0) is 19.1 Å². The Morgan fingerprint density at radius 3 is 3.00 bits per heavy atom. The van der Waals surface area contributed by atoms with E-state index in [0.717, 1.165) is 5.01 Å². The number of thiazole rings is 1. The van der Waals surface area contributed by atoms with Crippen molar-refractivity contribution in [2.75, 3.05) is 26.9 Å². The van der Waals surface area contributed by atoms with E-state index in [0.29, 0.717) is 18.8 Å². The van der Waals surface area contributed by atoms with Gasteiger partial charge in [0.15, 0.2) is 6.10 Å². The Hall–Kier alpha value is -1.51. The number of nitrogens with zero attached hydrogens (tertiary/aromatic N) is 2. The lowest BCUT2D eigenvalue weighted by Crippen LogP contribution is -2.52. The number of aromatic nitrogens is 1. The van der Waals surface area contributed by atoms with Crippen LogP contribution in [0, 0.1) is 6.92 Å². The standard InChI is InChI=1S/C12H16N2O5S/c1-7-13-8(6-20-7)10-11(12(16)17)19-5-9(15)14(10)3-4-18-2/h6,10-11H,3-5H2,1-2H3,(H,16,17). The maximum Gasteiger partial charge on any atom is 0.335 e. The number of rotatable bonds is 5. The molecule has 0 aliphatic carbocycles. The minimum Gasteiger partial charge on any atom is -0.479 e. The Bertz CT molecular complexity index is 504. The number of aryl methyl sites for hydroxylation is 1. The van der Waals surface area contributed by atoms with Crippen LogP contribution in [-0.4, -0.2) is 59.8 Å². The smallest absolute Gasteiger partial charge is 0.335 e. The van der Waals surface area contributed by atoms with Crippen molar-refractivity contribution in [2.24, 2.45) is 0 Å². The van der Waals surface area contributed by atoms with Gasteiger partial charge in [0.25, 0.3) is 0 Å². The summed E-state index contributed by atoms with van der Waals surface area (Å²) in [6.07, 6.45) is -1.11. The van der Waals surface area contributed by atoms with Gasteiger partial charge in [-0.1, -0.05) is 0 Å².